The number of nitrogens with zero attached hydrogens (tertiary/aromatic N) is 3. The van der Waals surface area contributed by atoms with Crippen molar-refractivity contribution in [2.24, 2.45) is 4.99 Å². The van der Waals surface area contributed by atoms with Crippen LogP contribution in [-0.4, -0.2) is 38.3 Å². The van der Waals surface area contributed by atoms with Crippen molar-refractivity contribution in [3.05, 3.63) is 95.6 Å². The quantitative estimate of drug-likeness (QED) is 0.533. The molecule has 34 heavy (non-hydrogen) atoms. The van der Waals surface area contributed by atoms with Crippen molar-refractivity contribution in [2.45, 2.75) is 31.2 Å². The number of carbonyl (C=O) groups is 2. The number of hydrogen-bond donors (Lipinski definition) is 1. The van der Waals surface area contributed by atoms with E-state index in [2.05, 4.69) is 11.1 Å². The van der Waals surface area contributed by atoms with Crippen molar-refractivity contribution in [1.29, 1.82) is 5.26 Å². The topological polar surface area (TPSA) is 93.8 Å². The summed E-state index contributed by atoms with van der Waals surface area (Å²) in [6.45, 7) is 2.25. The van der Waals surface area contributed by atoms with Gasteiger partial charge in [0.25, 0.3) is 5.91 Å². The zero-order valence-electron chi connectivity index (χ0n) is 18.6. The summed E-state index contributed by atoms with van der Waals surface area (Å²) in [5.41, 5.74) is 3.70. The van der Waals surface area contributed by atoms with Gasteiger partial charge in [-0.25, -0.2) is 4.79 Å². The molecule has 0 aliphatic carbocycles. The van der Waals surface area contributed by atoms with E-state index in [1.807, 2.05) is 55.5 Å². The van der Waals surface area contributed by atoms with Gasteiger partial charge >= 0.3 is 5.97 Å². The zero-order chi connectivity index (χ0) is 24.1. The summed E-state index contributed by atoms with van der Waals surface area (Å²) in [7, 11) is 0. The van der Waals surface area contributed by atoms with Crippen molar-refractivity contribution >= 4 is 28.8 Å². The molecule has 1 saturated heterocycles. The molecular formula is C27H23N3O3S. The first-order valence-electron chi connectivity index (χ1n) is 10.9. The molecule has 1 fully saturated rings. The van der Waals surface area contributed by atoms with Gasteiger partial charge in [0.2, 0.25) is 0 Å². The number of aliphatic imine (C=N–C) groups is 1. The highest BCUT2D eigenvalue weighted by atomic mass is 32.2. The van der Waals surface area contributed by atoms with Crippen LogP contribution in [0.1, 0.15) is 34.8 Å². The molecule has 7 heteroatoms. The lowest BCUT2D eigenvalue weighted by atomic mass is 9.99. The van der Waals surface area contributed by atoms with Crippen LogP contribution < -0.4 is 0 Å². The second-order valence-corrected chi connectivity index (χ2v) is 9.10. The Hall–Kier alpha value is -3.89. The first-order valence-corrected chi connectivity index (χ1v) is 11.8. The number of nitriles is 1. The van der Waals surface area contributed by atoms with Crippen LogP contribution in [0, 0.1) is 11.3 Å². The lowest BCUT2D eigenvalue weighted by molar-refractivity contribution is -0.141. The third-order valence-electron chi connectivity index (χ3n) is 5.73. The Bertz CT molecular complexity index is 1270. The smallest absolute Gasteiger partial charge is 0.327 e. The number of carboxylic acids is 1. The molecule has 170 valence electrons. The van der Waals surface area contributed by atoms with Crippen LogP contribution in [0.3, 0.4) is 0 Å². The number of hydrogen-bond acceptors (Lipinski definition) is 4. The molecule has 3 aromatic carbocycles. The van der Waals surface area contributed by atoms with Crippen LogP contribution >= 0.6 is 11.8 Å². The normalized spacial score (nSPS) is 18.6. The minimum Gasteiger partial charge on any atom is -0.480 e. The largest absolute Gasteiger partial charge is 0.480 e. The van der Waals surface area contributed by atoms with Crippen LogP contribution in [0.25, 0.3) is 11.1 Å². The number of benzene rings is 3. The number of rotatable bonds is 6. The zero-order valence-corrected chi connectivity index (χ0v) is 19.4. The summed E-state index contributed by atoms with van der Waals surface area (Å²) < 4.78 is 0. The van der Waals surface area contributed by atoms with Gasteiger partial charge in [-0.1, -0.05) is 79.3 Å². The van der Waals surface area contributed by atoms with E-state index in [1.54, 1.807) is 35.2 Å². The van der Waals surface area contributed by atoms with E-state index in [0.717, 1.165) is 16.7 Å². The molecule has 0 bridgehead atoms. The maximum absolute atomic E-state index is 12.7. The molecular weight excluding hydrogens is 446 g/mol. The molecule has 2 atom stereocenters. The number of carboxylic acid groups (broad SMARTS) is 1. The molecule has 0 spiro atoms. The fourth-order valence-corrected chi connectivity index (χ4v) is 5.27. The fourth-order valence-electron chi connectivity index (χ4n) is 3.99. The van der Waals surface area contributed by atoms with Gasteiger partial charge in [-0.05, 0) is 41.3 Å². The third kappa shape index (κ3) is 4.87. The fraction of sp³-hybridized carbons (Fsp3) is 0.185. The van der Waals surface area contributed by atoms with Gasteiger partial charge in [0, 0.05) is 17.4 Å². The van der Waals surface area contributed by atoms with Crippen LogP contribution in [0.5, 0.6) is 0 Å². The highest BCUT2D eigenvalue weighted by Gasteiger charge is 2.43. The van der Waals surface area contributed by atoms with Crippen molar-refractivity contribution in [2.75, 3.05) is 0 Å². The number of amides is 1. The maximum Gasteiger partial charge on any atom is 0.327 e. The Morgan fingerprint density at radius 3 is 2.35 bits per heavy atom. The Labute approximate surface area is 202 Å². The number of thioether (sulfide) groups is 1. The van der Waals surface area contributed by atoms with Crippen LogP contribution in [0.2, 0.25) is 0 Å². The van der Waals surface area contributed by atoms with Gasteiger partial charge in [0.15, 0.2) is 5.17 Å². The molecule has 1 amide bonds. The summed E-state index contributed by atoms with van der Waals surface area (Å²) in [6, 6.07) is 25.3. The molecule has 0 saturated carbocycles. The molecule has 3 aromatic rings. The predicted octanol–water partition coefficient (Wildman–Crippen LogP) is 5.20. The molecule has 2 unspecified atom stereocenters. The number of carbonyl (C=O) groups excluding carboxylic acids is 1. The van der Waals surface area contributed by atoms with Gasteiger partial charge in [0.1, 0.15) is 6.04 Å². The Morgan fingerprint density at radius 2 is 1.71 bits per heavy atom. The number of amidine groups is 1. The van der Waals surface area contributed by atoms with Crippen LogP contribution in [-0.2, 0) is 11.3 Å². The van der Waals surface area contributed by atoms with Crippen molar-refractivity contribution < 1.29 is 14.7 Å². The van der Waals surface area contributed by atoms with Gasteiger partial charge in [-0.15, -0.1) is 0 Å². The molecule has 1 aliphatic heterocycles. The average molecular weight is 470 g/mol. The van der Waals surface area contributed by atoms with E-state index >= 15 is 0 Å². The summed E-state index contributed by atoms with van der Waals surface area (Å²) >= 11 is 1.34. The minimum atomic E-state index is -0.934. The lowest BCUT2D eigenvalue weighted by Crippen LogP contribution is -2.42. The maximum atomic E-state index is 12.7. The van der Waals surface area contributed by atoms with Gasteiger partial charge in [-0.3, -0.25) is 4.79 Å². The minimum absolute atomic E-state index is 0.207. The van der Waals surface area contributed by atoms with Gasteiger partial charge in [-0.2, -0.15) is 10.3 Å². The van der Waals surface area contributed by atoms with Crippen LogP contribution in [0.4, 0.5) is 0 Å². The van der Waals surface area contributed by atoms with Crippen molar-refractivity contribution in [3.63, 3.8) is 0 Å². The summed E-state index contributed by atoms with van der Waals surface area (Å²) in [4.78, 5) is 30.9. The molecule has 0 aromatic heterocycles. The van der Waals surface area contributed by atoms with E-state index in [9.17, 15) is 20.0 Å². The highest BCUT2D eigenvalue weighted by Crippen LogP contribution is 2.36. The Balaban J connectivity index is 1.64. The molecule has 6 nitrogen and oxygen atoms in total. The SMILES string of the molecule is CCC1SC(=NC(=O)c2ccccc2)N(Cc2ccc(-c3ccccc3C#N)cc2)C1C(=O)O. The molecule has 4 rings (SSSR count). The summed E-state index contributed by atoms with van der Waals surface area (Å²) in [5, 5.41) is 19.6. The first-order chi connectivity index (χ1) is 16.5. The van der Waals surface area contributed by atoms with E-state index < -0.39 is 17.9 Å². The average Bonchev–Trinajstić information content (AvgIpc) is 3.22. The van der Waals surface area contributed by atoms with Crippen molar-refractivity contribution in [1.82, 2.24) is 4.90 Å². The van der Waals surface area contributed by atoms with Gasteiger partial charge < -0.3 is 10.0 Å². The van der Waals surface area contributed by atoms with E-state index in [-0.39, 0.29) is 5.25 Å². The monoisotopic (exact) mass is 469 g/mol. The van der Waals surface area contributed by atoms with E-state index in [0.29, 0.717) is 29.3 Å². The Morgan fingerprint density at radius 1 is 1.03 bits per heavy atom. The van der Waals surface area contributed by atoms with E-state index in [1.165, 1.54) is 11.8 Å². The van der Waals surface area contributed by atoms with Crippen LogP contribution in [0.15, 0.2) is 83.9 Å². The molecule has 1 N–H and O–H groups in total. The third-order valence-corrected chi connectivity index (χ3v) is 7.16. The van der Waals surface area contributed by atoms with E-state index in [4.69, 9.17) is 0 Å². The summed E-state index contributed by atoms with van der Waals surface area (Å²) in [5.74, 6) is -1.33. The highest BCUT2D eigenvalue weighted by molar-refractivity contribution is 8.14. The lowest BCUT2D eigenvalue weighted by Gasteiger charge is -2.25. The molecule has 1 aliphatic rings. The van der Waals surface area contributed by atoms with Crippen molar-refractivity contribution in [3.8, 4) is 17.2 Å². The first kappa shape index (κ1) is 23.3. The number of aliphatic carboxylic acids is 1. The Kier molecular flexibility index (Phi) is 7.09. The second-order valence-electron chi connectivity index (χ2n) is 7.90. The molecule has 0 radical (unpaired) electrons. The summed E-state index contributed by atoms with van der Waals surface area (Å²) in [6.07, 6.45) is 0.639. The second kappa shape index (κ2) is 10.4. The van der Waals surface area contributed by atoms with Gasteiger partial charge in [0.05, 0.1) is 11.6 Å². The predicted molar refractivity (Wildman–Crippen MR) is 133 cm³/mol. The molecule has 1 heterocycles. The standard InChI is InChI=1S/C27H23N3O3S/c1-2-23-24(26(32)33)30(27(34-23)29-25(31)20-8-4-3-5-9-20)17-18-12-14-19(15-13-18)22-11-7-6-10-21(22)16-28/h3-15,23-24H,2,17H2,1H3,(H,32,33).